The highest BCUT2D eigenvalue weighted by Crippen LogP contribution is 2.38. The smallest absolute Gasteiger partial charge is 0.238 e. The molecule has 1 atom stereocenters. The molecule has 0 radical (unpaired) electrons. The van der Waals surface area contributed by atoms with Crippen molar-refractivity contribution >= 4 is 23.2 Å². The van der Waals surface area contributed by atoms with Crippen LogP contribution in [0, 0.1) is 0 Å². The van der Waals surface area contributed by atoms with E-state index in [1.165, 1.54) is 0 Å². The van der Waals surface area contributed by atoms with Crippen molar-refractivity contribution in [3.05, 3.63) is 53.1 Å². The zero-order chi connectivity index (χ0) is 18.5. The maximum absolute atomic E-state index is 12.5. The summed E-state index contributed by atoms with van der Waals surface area (Å²) in [4.78, 5) is 14.7. The number of ether oxygens (including phenoxy) is 2. The van der Waals surface area contributed by atoms with Gasteiger partial charge in [-0.1, -0.05) is 23.7 Å². The van der Waals surface area contributed by atoms with Crippen molar-refractivity contribution in [2.24, 2.45) is 0 Å². The average molecular weight is 375 g/mol. The lowest BCUT2D eigenvalue weighted by molar-refractivity contribution is -0.117. The molecule has 1 heterocycles. The summed E-state index contributed by atoms with van der Waals surface area (Å²) in [5, 5.41) is 3.43. The summed E-state index contributed by atoms with van der Waals surface area (Å²) >= 11 is 6.12. The summed E-state index contributed by atoms with van der Waals surface area (Å²) in [7, 11) is 3.31. The minimum Gasteiger partial charge on any atom is -0.497 e. The van der Waals surface area contributed by atoms with Crippen molar-refractivity contribution in [1.29, 1.82) is 0 Å². The highest BCUT2D eigenvalue weighted by Gasteiger charge is 2.30. The van der Waals surface area contributed by atoms with Crippen LogP contribution in [0.3, 0.4) is 0 Å². The number of benzene rings is 2. The standard InChI is InChI=1S/C20H23ClN2O3/c1-25-14-9-10-19(26-2)15(12-14)18-8-5-11-23(18)13-20(24)22-17-7-4-3-6-16(17)21/h3-4,6-7,9-10,12,18H,5,8,11,13H2,1-2H3,(H,22,24)/t18-/m0/s1. The van der Waals surface area contributed by atoms with Gasteiger partial charge in [0, 0.05) is 11.6 Å². The van der Waals surface area contributed by atoms with Gasteiger partial charge < -0.3 is 14.8 Å². The van der Waals surface area contributed by atoms with Gasteiger partial charge in [-0.2, -0.15) is 0 Å². The summed E-state index contributed by atoms with van der Waals surface area (Å²) in [6.07, 6.45) is 2.01. The Morgan fingerprint density at radius 2 is 2.04 bits per heavy atom. The predicted octanol–water partition coefficient (Wildman–Crippen LogP) is 4.13. The number of nitrogens with one attached hydrogen (secondary N) is 1. The molecule has 0 unspecified atom stereocenters. The first-order chi connectivity index (χ1) is 12.6. The molecule has 1 fully saturated rings. The number of anilines is 1. The zero-order valence-electron chi connectivity index (χ0n) is 15.0. The maximum atomic E-state index is 12.5. The Hall–Kier alpha value is -2.24. The minimum absolute atomic E-state index is 0.0770. The molecule has 2 aromatic rings. The number of carbonyl (C=O) groups is 1. The van der Waals surface area contributed by atoms with Crippen LogP contribution < -0.4 is 14.8 Å². The van der Waals surface area contributed by atoms with Gasteiger partial charge in [-0.05, 0) is 49.7 Å². The number of methoxy groups -OCH3 is 2. The summed E-state index contributed by atoms with van der Waals surface area (Å²) in [5.41, 5.74) is 1.68. The van der Waals surface area contributed by atoms with E-state index >= 15 is 0 Å². The first-order valence-electron chi connectivity index (χ1n) is 8.62. The molecule has 0 bridgehead atoms. The van der Waals surface area contributed by atoms with E-state index < -0.39 is 0 Å². The second-order valence-electron chi connectivity index (χ2n) is 6.26. The Labute approximate surface area is 158 Å². The molecule has 1 aliphatic heterocycles. The van der Waals surface area contributed by atoms with E-state index in [9.17, 15) is 4.79 Å². The number of rotatable bonds is 6. The molecule has 138 valence electrons. The number of likely N-dealkylation sites (tertiary alicyclic amines) is 1. The van der Waals surface area contributed by atoms with Gasteiger partial charge in [0.15, 0.2) is 0 Å². The monoisotopic (exact) mass is 374 g/mol. The molecule has 6 heteroatoms. The number of para-hydroxylation sites is 1. The van der Waals surface area contributed by atoms with Crippen LogP contribution >= 0.6 is 11.6 Å². The van der Waals surface area contributed by atoms with Crippen molar-refractivity contribution in [2.75, 3.05) is 32.6 Å². The Morgan fingerprint density at radius 1 is 1.23 bits per heavy atom. The molecule has 0 spiro atoms. The van der Waals surface area contributed by atoms with Gasteiger partial charge in [0.05, 0.1) is 31.5 Å². The predicted molar refractivity (Wildman–Crippen MR) is 103 cm³/mol. The van der Waals surface area contributed by atoms with Crippen molar-refractivity contribution < 1.29 is 14.3 Å². The number of hydrogen-bond donors (Lipinski definition) is 1. The maximum Gasteiger partial charge on any atom is 0.238 e. The molecule has 5 nitrogen and oxygen atoms in total. The fourth-order valence-corrected chi connectivity index (χ4v) is 3.59. The lowest BCUT2D eigenvalue weighted by atomic mass is 10.0. The van der Waals surface area contributed by atoms with Crippen molar-refractivity contribution in [2.45, 2.75) is 18.9 Å². The number of halogens is 1. The second-order valence-corrected chi connectivity index (χ2v) is 6.67. The molecular formula is C20H23ClN2O3. The normalized spacial score (nSPS) is 17.1. The van der Waals surface area contributed by atoms with Crippen LogP contribution in [0.25, 0.3) is 0 Å². The molecule has 3 rings (SSSR count). The van der Waals surface area contributed by atoms with E-state index in [1.54, 1.807) is 26.4 Å². The molecule has 1 saturated heterocycles. The van der Waals surface area contributed by atoms with Gasteiger partial charge in [0.1, 0.15) is 11.5 Å². The van der Waals surface area contributed by atoms with E-state index in [4.69, 9.17) is 21.1 Å². The third-order valence-electron chi connectivity index (χ3n) is 4.65. The molecule has 2 aromatic carbocycles. The Morgan fingerprint density at radius 3 is 2.77 bits per heavy atom. The molecule has 0 saturated carbocycles. The van der Waals surface area contributed by atoms with Crippen LogP contribution in [0.4, 0.5) is 5.69 Å². The highest BCUT2D eigenvalue weighted by atomic mass is 35.5. The zero-order valence-corrected chi connectivity index (χ0v) is 15.8. The third kappa shape index (κ3) is 4.11. The fourth-order valence-electron chi connectivity index (χ4n) is 3.40. The largest absolute Gasteiger partial charge is 0.497 e. The minimum atomic E-state index is -0.0770. The number of amides is 1. The van der Waals surface area contributed by atoms with Crippen LogP contribution in [0.1, 0.15) is 24.4 Å². The third-order valence-corrected chi connectivity index (χ3v) is 4.98. The number of nitrogens with zero attached hydrogens (tertiary/aromatic N) is 1. The van der Waals surface area contributed by atoms with E-state index in [-0.39, 0.29) is 11.9 Å². The molecule has 1 N–H and O–H groups in total. The van der Waals surface area contributed by atoms with E-state index in [1.807, 2.05) is 30.3 Å². The van der Waals surface area contributed by atoms with Crippen molar-refractivity contribution in [3.63, 3.8) is 0 Å². The van der Waals surface area contributed by atoms with Crippen LogP contribution in [-0.4, -0.2) is 38.1 Å². The lowest BCUT2D eigenvalue weighted by Gasteiger charge is -2.26. The summed E-state index contributed by atoms with van der Waals surface area (Å²) < 4.78 is 10.9. The first kappa shape index (κ1) is 18.5. The molecule has 1 amide bonds. The highest BCUT2D eigenvalue weighted by molar-refractivity contribution is 6.33. The Kier molecular flexibility index (Phi) is 6.01. The topological polar surface area (TPSA) is 50.8 Å². The van der Waals surface area contributed by atoms with E-state index in [0.29, 0.717) is 17.3 Å². The van der Waals surface area contributed by atoms with Gasteiger partial charge in [0.25, 0.3) is 0 Å². The Bertz CT molecular complexity index is 781. The molecule has 26 heavy (non-hydrogen) atoms. The van der Waals surface area contributed by atoms with Crippen molar-refractivity contribution in [1.82, 2.24) is 4.90 Å². The van der Waals surface area contributed by atoms with Gasteiger partial charge in [-0.25, -0.2) is 0 Å². The van der Waals surface area contributed by atoms with E-state index in [0.717, 1.165) is 36.4 Å². The summed E-state index contributed by atoms with van der Waals surface area (Å²) in [5.74, 6) is 1.52. The second kappa shape index (κ2) is 8.43. The van der Waals surface area contributed by atoms with Crippen molar-refractivity contribution in [3.8, 4) is 11.5 Å². The van der Waals surface area contributed by atoms with Crippen LogP contribution in [0.5, 0.6) is 11.5 Å². The SMILES string of the molecule is COc1ccc(OC)c([C@@H]2CCCN2CC(=O)Nc2ccccc2Cl)c1. The Balaban J connectivity index is 1.74. The summed E-state index contributed by atoms with van der Waals surface area (Å²) in [6.45, 7) is 1.16. The van der Waals surface area contributed by atoms with Gasteiger partial charge in [0.2, 0.25) is 5.91 Å². The number of carbonyl (C=O) groups excluding carboxylic acids is 1. The quantitative estimate of drug-likeness (QED) is 0.825. The van der Waals surface area contributed by atoms with Crippen LogP contribution in [0.2, 0.25) is 5.02 Å². The van der Waals surface area contributed by atoms with Crippen LogP contribution in [0.15, 0.2) is 42.5 Å². The molecule has 0 aromatic heterocycles. The molecule has 1 aliphatic rings. The average Bonchev–Trinajstić information content (AvgIpc) is 3.10. The molecular weight excluding hydrogens is 352 g/mol. The molecule has 0 aliphatic carbocycles. The van der Waals surface area contributed by atoms with Gasteiger partial charge in [-0.15, -0.1) is 0 Å². The first-order valence-corrected chi connectivity index (χ1v) is 9.00. The lowest BCUT2D eigenvalue weighted by Crippen LogP contribution is -2.33. The fraction of sp³-hybridized carbons (Fsp3) is 0.350. The van der Waals surface area contributed by atoms with Crippen LogP contribution in [-0.2, 0) is 4.79 Å². The van der Waals surface area contributed by atoms with Gasteiger partial charge in [-0.3, -0.25) is 9.69 Å². The van der Waals surface area contributed by atoms with E-state index in [2.05, 4.69) is 10.2 Å². The summed E-state index contributed by atoms with van der Waals surface area (Å²) in [6, 6.07) is 13.2. The van der Waals surface area contributed by atoms with Gasteiger partial charge >= 0.3 is 0 Å². The number of hydrogen-bond acceptors (Lipinski definition) is 4.